The number of methoxy groups -OCH3 is 1. The topological polar surface area (TPSA) is 76.7 Å². The Morgan fingerprint density at radius 1 is 1.04 bits per heavy atom. The van der Waals surface area contributed by atoms with Crippen LogP contribution in [0.3, 0.4) is 0 Å². The molecule has 2 aromatic rings. The van der Waals surface area contributed by atoms with Gasteiger partial charge in [0, 0.05) is 5.02 Å². The van der Waals surface area contributed by atoms with Gasteiger partial charge in [0.05, 0.1) is 19.3 Å². The summed E-state index contributed by atoms with van der Waals surface area (Å²) in [6, 6.07) is 13.6. The molecule has 0 aliphatic carbocycles. The van der Waals surface area contributed by atoms with Crippen LogP contribution in [-0.4, -0.2) is 32.1 Å². The van der Waals surface area contributed by atoms with Gasteiger partial charge in [0.15, 0.2) is 6.61 Å². The summed E-state index contributed by atoms with van der Waals surface area (Å²) in [6.45, 7) is -0.357. The molecule has 0 spiro atoms. The number of carbonyl (C=O) groups excluding carboxylic acids is 2. The van der Waals surface area contributed by atoms with Crippen molar-refractivity contribution in [3.63, 3.8) is 0 Å². The fraction of sp³-hybridized carbons (Fsp3) is 0.176. The minimum Gasteiger partial charge on any atom is -0.495 e. The summed E-state index contributed by atoms with van der Waals surface area (Å²) >= 11 is 5.76. The maximum Gasteiger partial charge on any atom is 0.258 e. The number of ether oxygens (including phenoxy) is 2. The highest BCUT2D eigenvalue weighted by molar-refractivity contribution is 6.30. The molecule has 0 radical (unpaired) electrons. The number of rotatable bonds is 7. The molecule has 2 rings (SSSR count). The van der Waals surface area contributed by atoms with E-state index in [9.17, 15) is 9.59 Å². The highest BCUT2D eigenvalue weighted by Crippen LogP contribution is 2.22. The fourth-order valence-corrected chi connectivity index (χ4v) is 1.98. The molecule has 24 heavy (non-hydrogen) atoms. The highest BCUT2D eigenvalue weighted by atomic mass is 35.5. The van der Waals surface area contributed by atoms with E-state index in [0.29, 0.717) is 22.2 Å². The Balaban J connectivity index is 1.74. The van der Waals surface area contributed by atoms with Gasteiger partial charge in [-0.25, -0.2) is 0 Å². The highest BCUT2D eigenvalue weighted by Gasteiger charge is 2.09. The summed E-state index contributed by atoms with van der Waals surface area (Å²) in [5.41, 5.74) is 0.539. The van der Waals surface area contributed by atoms with Gasteiger partial charge >= 0.3 is 0 Å². The van der Waals surface area contributed by atoms with E-state index < -0.39 is 5.91 Å². The molecule has 0 fully saturated rings. The second-order valence-electron chi connectivity index (χ2n) is 4.77. The second-order valence-corrected chi connectivity index (χ2v) is 5.20. The molecule has 2 amide bonds. The number of nitrogens with one attached hydrogen (secondary N) is 2. The van der Waals surface area contributed by atoms with E-state index in [4.69, 9.17) is 21.1 Å². The number of anilines is 1. The Bertz CT molecular complexity index is 704. The zero-order chi connectivity index (χ0) is 17.4. The van der Waals surface area contributed by atoms with Gasteiger partial charge in [-0.3, -0.25) is 9.59 Å². The lowest BCUT2D eigenvalue weighted by Crippen LogP contribution is -2.35. The molecule has 0 unspecified atom stereocenters. The first-order valence-corrected chi connectivity index (χ1v) is 7.54. The Morgan fingerprint density at radius 2 is 1.75 bits per heavy atom. The van der Waals surface area contributed by atoms with Crippen LogP contribution in [0.25, 0.3) is 0 Å². The minimum atomic E-state index is -0.403. The molecule has 0 bridgehead atoms. The lowest BCUT2D eigenvalue weighted by Gasteiger charge is -2.10. The van der Waals surface area contributed by atoms with Crippen molar-refractivity contribution in [3.8, 4) is 11.5 Å². The molecule has 6 nitrogen and oxygen atoms in total. The standard InChI is InChI=1S/C17H17ClN2O4/c1-23-15-5-3-2-4-14(15)20-16(21)10-19-17(22)11-24-13-8-6-12(18)7-9-13/h2-9H,10-11H2,1H3,(H,19,22)(H,20,21). The van der Waals surface area contributed by atoms with Crippen LogP contribution in [0.4, 0.5) is 5.69 Å². The Kier molecular flexibility index (Phi) is 6.45. The van der Waals surface area contributed by atoms with E-state index in [1.807, 2.05) is 0 Å². The van der Waals surface area contributed by atoms with Gasteiger partial charge in [-0.15, -0.1) is 0 Å². The van der Waals surface area contributed by atoms with Crippen molar-refractivity contribution >= 4 is 29.1 Å². The Hall–Kier alpha value is -2.73. The van der Waals surface area contributed by atoms with Crippen LogP contribution in [0.1, 0.15) is 0 Å². The average molecular weight is 349 g/mol. The maximum atomic E-state index is 11.9. The number of hydrogen-bond donors (Lipinski definition) is 2. The Morgan fingerprint density at radius 3 is 2.46 bits per heavy atom. The van der Waals surface area contributed by atoms with Crippen LogP contribution >= 0.6 is 11.6 Å². The first kappa shape index (κ1) is 17.6. The molecule has 0 saturated carbocycles. The number of para-hydroxylation sites is 2. The van der Waals surface area contributed by atoms with Crippen LogP contribution in [0, 0.1) is 0 Å². The molecule has 2 aromatic carbocycles. The quantitative estimate of drug-likeness (QED) is 0.806. The summed E-state index contributed by atoms with van der Waals surface area (Å²) in [5.74, 6) is 0.302. The molecule has 0 aromatic heterocycles. The number of carbonyl (C=O) groups is 2. The molecular weight excluding hydrogens is 332 g/mol. The summed E-state index contributed by atoms with van der Waals surface area (Å²) in [4.78, 5) is 23.6. The average Bonchev–Trinajstić information content (AvgIpc) is 2.60. The third kappa shape index (κ3) is 5.48. The fourth-order valence-electron chi connectivity index (χ4n) is 1.85. The smallest absolute Gasteiger partial charge is 0.258 e. The van der Waals surface area contributed by atoms with Gasteiger partial charge in [-0.2, -0.15) is 0 Å². The van der Waals surface area contributed by atoms with E-state index in [2.05, 4.69) is 10.6 Å². The third-order valence-corrected chi connectivity index (χ3v) is 3.26. The predicted molar refractivity (Wildman–Crippen MR) is 91.6 cm³/mol. The molecule has 0 saturated heterocycles. The summed E-state index contributed by atoms with van der Waals surface area (Å²) < 4.78 is 10.4. The lowest BCUT2D eigenvalue weighted by atomic mass is 10.3. The van der Waals surface area contributed by atoms with Crippen molar-refractivity contribution < 1.29 is 19.1 Å². The van der Waals surface area contributed by atoms with Crippen LogP contribution in [0.2, 0.25) is 5.02 Å². The normalized spacial score (nSPS) is 9.92. The van der Waals surface area contributed by atoms with Crippen molar-refractivity contribution in [2.75, 3.05) is 25.6 Å². The Labute approximate surface area is 144 Å². The van der Waals surface area contributed by atoms with Crippen LogP contribution in [0.5, 0.6) is 11.5 Å². The molecule has 0 aliphatic rings. The van der Waals surface area contributed by atoms with Gasteiger partial charge in [0.1, 0.15) is 11.5 Å². The van der Waals surface area contributed by atoms with Gasteiger partial charge in [-0.1, -0.05) is 23.7 Å². The molecule has 0 heterocycles. The van der Waals surface area contributed by atoms with Gasteiger partial charge in [0.25, 0.3) is 5.91 Å². The molecule has 7 heteroatoms. The largest absolute Gasteiger partial charge is 0.495 e. The van der Waals surface area contributed by atoms with Gasteiger partial charge in [-0.05, 0) is 36.4 Å². The van der Waals surface area contributed by atoms with Crippen molar-refractivity contribution in [2.45, 2.75) is 0 Å². The number of benzene rings is 2. The first-order chi connectivity index (χ1) is 11.6. The number of halogens is 1. The summed E-state index contributed by atoms with van der Waals surface area (Å²) in [7, 11) is 1.51. The van der Waals surface area contributed by atoms with E-state index >= 15 is 0 Å². The molecule has 0 aliphatic heterocycles. The first-order valence-electron chi connectivity index (χ1n) is 7.16. The van der Waals surface area contributed by atoms with E-state index in [1.54, 1.807) is 48.5 Å². The number of hydrogen-bond acceptors (Lipinski definition) is 4. The van der Waals surface area contributed by atoms with Gasteiger partial charge in [0.2, 0.25) is 5.91 Å². The molecule has 126 valence electrons. The monoisotopic (exact) mass is 348 g/mol. The molecule has 0 atom stereocenters. The van der Waals surface area contributed by atoms with Crippen LogP contribution in [0.15, 0.2) is 48.5 Å². The molecule has 2 N–H and O–H groups in total. The van der Waals surface area contributed by atoms with Gasteiger partial charge < -0.3 is 20.1 Å². The lowest BCUT2D eigenvalue weighted by molar-refractivity contribution is -0.125. The SMILES string of the molecule is COc1ccccc1NC(=O)CNC(=O)COc1ccc(Cl)cc1. The van der Waals surface area contributed by atoms with Crippen molar-refractivity contribution in [1.29, 1.82) is 0 Å². The van der Waals surface area contributed by atoms with Crippen molar-refractivity contribution in [2.24, 2.45) is 0 Å². The zero-order valence-electron chi connectivity index (χ0n) is 13.0. The van der Waals surface area contributed by atoms with E-state index in [0.717, 1.165) is 0 Å². The third-order valence-electron chi connectivity index (χ3n) is 3.01. The van der Waals surface area contributed by atoms with Crippen molar-refractivity contribution in [1.82, 2.24) is 5.32 Å². The predicted octanol–water partition coefficient (Wildman–Crippen LogP) is 2.48. The zero-order valence-corrected chi connectivity index (χ0v) is 13.8. The molecular formula is C17H17ClN2O4. The summed E-state index contributed by atoms with van der Waals surface area (Å²) in [6.07, 6.45) is 0. The summed E-state index contributed by atoms with van der Waals surface area (Å²) in [5, 5.41) is 5.72. The van der Waals surface area contributed by atoms with Crippen LogP contribution < -0.4 is 20.1 Å². The number of amides is 2. The van der Waals surface area contributed by atoms with E-state index in [-0.39, 0.29) is 19.1 Å². The second kappa shape index (κ2) is 8.79. The van der Waals surface area contributed by atoms with E-state index in [1.165, 1.54) is 7.11 Å². The maximum absolute atomic E-state index is 11.9. The van der Waals surface area contributed by atoms with Crippen LogP contribution in [-0.2, 0) is 9.59 Å². The minimum absolute atomic E-state index is 0.166. The van der Waals surface area contributed by atoms with Crippen molar-refractivity contribution in [3.05, 3.63) is 53.6 Å².